The Balaban J connectivity index is 1.41. The Labute approximate surface area is 241 Å². The standard InChI is InChI=1S/C32H32F2N4O4/c1-19(32(40)41)29-21-7-6-20-10-12-37(18-23(20)14-21)31(39)30-25(33)16-24(17-26(30)34)42-13-5-3-2-4-11-38-28-9-8-22(29)15-27(28)35-36-38/h6-9,14-17,19,29H,2-5,10-13,18H2,1H3,(H,40,41)/t19-,29+/m1/s1. The van der Waals surface area contributed by atoms with Crippen molar-refractivity contribution >= 4 is 22.9 Å². The SMILES string of the molecule is C[C@@H](C(=O)O)[C@H]1c2ccc3c(c2)CN(CC3)C(=O)c2c(F)cc(cc2F)OCCCCCCn2nnc3cc1ccc32. The van der Waals surface area contributed by atoms with Crippen molar-refractivity contribution in [3.8, 4) is 5.75 Å². The molecule has 1 aromatic heterocycles. The van der Waals surface area contributed by atoms with Crippen LogP contribution in [0.25, 0.3) is 11.0 Å². The van der Waals surface area contributed by atoms with Gasteiger partial charge in [0.2, 0.25) is 0 Å². The van der Waals surface area contributed by atoms with Crippen molar-refractivity contribution in [2.45, 2.75) is 58.0 Å². The fourth-order valence-electron chi connectivity index (χ4n) is 6.11. The topological polar surface area (TPSA) is 97.6 Å². The van der Waals surface area contributed by atoms with E-state index in [9.17, 15) is 14.7 Å². The molecular formula is C32H32F2N4O4. The largest absolute Gasteiger partial charge is 0.493 e. The van der Waals surface area contributed by atoms with Crippen molar-refractivity contribution in [3.63, 3.8) is 0 Å². The number of aliphatic carboxylic acids is 1. The Kier molecular flexibility index (Phi) is 7.62. The van der Waals surface area contributed by atoms with Gasteiger partial charge in [-0.25, -0.2) is 13.5 Å². The van der Waals surface area contributed by atoms with Crippen LogP contribution in [0.2, 0.25) is 0 Å². The molecule has 0 aliphatic carbocycles. The summed E-state index contributed by atoms with van der Waals surface area (Å²) in [5, 5.41) is 18.7. The van der Waals surface area contributed by atoms with Gasteiger partial charge in [-0.1, -0.05) is 42.8 Å². The zero-order valence-corrected chi connectivity index (χ0v) is 23.4. The predicted molar refractivity (Wildman–Crippen MR) is 151 cm³/mol. The van der Waals surface area contributed by atoms with Gasteiger partial charge >= 0.3 is 5.97 Å². The average Bonchev–Trinajstić information content (AvgIpc) is 3.37. The molecule has 218 valence electrons. The molecule has 0 spiro atoms. The second-order valence-corrected chi connectivity index (χ2v) is 11.2. The lowest BCUT2D eigenvalue weighted by atomic mass is 9.80. The summed E-state index contributed by atoms with van der Waals surface area (Å²) >= 11 is 0. The summed E-state index contributed by atoms with van der Waals surface area (Å²) in [5.41, 5.74) is 4.40. The number of amides is 1. The summed E-state index contributed by atoms with van der Waals surface area (Å²) in [6.07, 6.45) is 3.86. The van der Waals surface area contributed by atoms with E-state index in [1.54, 1.807) is 6.92 Å². The van der Waals surface area contributed by atoms with Crippen molar-refractivity contribution in [2.24, 2.45) is 5.92 Å². The van der Waals surface area contributed by atoms with E-state index in [1.165, 1.54) is 4.90 Å². The van der Waals surface area contributed by atoms with E-state index in [0.29, 0.717) is 38.1 Å². The number of halogens is 2. The highest BCUT2D eigenvalue weighted by atomic mass is 19.1. The smallest absolute Gasteiger partial charge is 0.307 e. The monoisotopic (exact) mass is 574 g/mol. The van der Waals surface area contributed by atoms with E-state index in [1.807, 2.05) is 41.1 Å². The Bertz CT molecular complexity index is 1650. The number of aromatic nitrogens is 3. The molecule has 0 fully saturated rings. The maximum atomic E-state index is 15.1. The Morgan fingerprint density at radius 2 is 1.71 bits per heavy atom. The molecule has 42 heavy (non-hydrogen) atoms. The van der Waals surface area contributed by atoms with Crippen LogP contribution in [0, 0.1) is 17.6 Å². The molecule has 8 nitrogen and oxygen atoms in total. The second kappa shape index (κ2) is 11.5. The summed E-state index contributed by atoms with van der Waals surface area (Å²) in [7, 11) is 0. The fraction of sp³-hybridized carbons (Fsp3) is 0.375. The number of carboxylic acids is 1. The van der Waals surface area contributed by atoms with Crippen LogP contribution in [0.4, 0.5) is 8.78 Å². The minimum Gasteiger partial charge on any atom is -0.493 e. The maximum Gasteiger partial charge on any atom is 0.307 e. The number of rotatable bonds is 2. The van der Waals surface area contributed by atoms with Gasteiger partial charge in [-0.15, -0.1) is 5.10 Å². The molecule has 0 saturated heterocycles. The molecule has 4 aromatic rings. The van der Waals surface area contributed by atoms with Gasteiger partial charge in [0.15, 0.2) is 0 Å². The molecule has 2 atom stereocenters. The molecule has 9 bridgehead atoms. The Morgan fingerprint density at radius 3 is 2.50 bits per heavy atom. The van der Waals surface area contributed by atoms with Gasteiger partial charge < -0.3 is 14.7 Å². The van der Waals surface area contributed by atoms with Crippen LogP contribution in [0.3, 0.4) is 0 Å². The van der Waals surface area contributed by atoms with Crippen LogP contribution in [-0.4, -0.2) is 50.0 Å². The molecule has 1 N–H and O–H groups in total. The minimum atomic E-state index is -0.953. The first-order chi connectivity index (χ1) is 20.3. The summed E-state index contributed by atoms with van der Waals surface area (Å²) in [6, 6.07) is 13.7. The van der Waals surface area contributed by atoms with Gasteiger partial charge in [0.25, 0.3) is 5.91 Å². The molecule has 0 radical (unpaired) electrons. The number of aryl methyl sites for hydroxylation is 1. The van der Waals surface area contributed by atoms with Crippen molar-refractivity contribution in [1.82, 2.24) is 19.9 Å². The number of hydrogen-bond acceptors (Lipinski definition) is 5. The first-order valence-electron chi connectivity index (χ1n) is 14.4. The molecule has 0 unspecified atom stereocenters. The normalized spacial score (nSPS) is 18.5. The summed E-state index contributed by atoms with van der Waals surface area (Å²) in [6.45, 7) is 3.13. The second-order valence-electron chi connectivity index (χ2n) is 11.2. The van der Waals surface area contributed by atoms with Crippen LogP contribution in [0.15, 0.2) is 48.5 Å². The van der Waals surface area contributed by atoms with Gasteiger partial charge in [-0.2, -0.15) is 0 Å². The quantitative estimate of drug-likeness (QED) is 0.329. The minimum absolute atomic E-state index is 0.0560. The van der Waals surface area contributed by atoms with Crippen molar-refractivity contribution in [1.29, 1.82) is 0 Å². The maximum absolute atomic E-state index is 15.1. The van der Waals surface area contributed by atoms with Gasteiger partial charge in [-0.3, -0.25) is 9.59 Å². The number of carboxylic acid groups (broad SMARTS) is 1. The van der Waals surface area contributed by atoms with Gasteiger partial charge in [0, 0.05) is 37.7 Å². The van der Waals surface area contributed by atoms with Crippen LogP contribution in [0.5, 0.6) is 5.75 Å². The van der Waals surface area contributed by atoms with Crippen molar-refractivity contribution in [2.75, 3.05) is 13.2 Å². The van der Waals surface area contributed by atoms with E-state index in [0.717, 1.165) is 59.2 Å². The fourth-order valence-corrected chi connectivity index (χ4v) is 6.11. The molecular weight excluding hydrogens is 542 g/mol. The van der Waals surface area contributed by atoms with E-state index in [2.05, 4.69) is 10.3 Å². The van der Waals surface area contributed by atoms with E-state index < -0.39 is 40.9 Å². The van der Waals surface area contributed by atoms with Gasteiger partial charge in [0.05, 0.1) is 18.0 Å². The third kappa shape index (κ3) is 5.33. The molecule has 10 heteroatoms. The van der Waals surface area contributed by atoms with Gasteiger partial charge in [-0.05, 0) is 60.1 Å². The highest BCUT2D eigenvalue weighted by Gasteiger charge is 2.31. The first-order valence-corrected chi connectivity index (χ1v) is 14.4. The molecule has 0 saturated carbocycles. The Morgan fingerprint density at radius 1 is 0.976 bits per heavy atom. The first kappa shape index (κ1) is 27.8. The Hall–Kier alpha value is -4.34. The number of nitrogens with zero attached hydrogens (tertiary/aromatic N) is 4. The number of benzene rings is 3. The van der Waals surface area contributed by atoms with Crippen molar-refractivity contribution < 1.29 is 28.2 Å². The molecule has 5 aliphatic rings. The molecule has 6 heterocycles. The highest BCUT2D eigenvalue weighted by Crippen LogP contribution is 2.36. The lowest BCUT2D eigenvalue weighted by molar-refractivity contribution is -0.141. The summed E-state index contributed by atoms with van der Waals surface area (Å²) in [4.78, 5) is 27.0. The number of ether oxygens (including phenoxy) is 1. The van der Waals surface area contributed by atoms with E-state index in [4.69, 9.17) is 4.74 Å². The zero-order chi connectivity index (χ0) is 29.4. The molecule has 1 amide bonds. The van der Waals surface area contributed by atoms with Crippen molar-refractivity contribution in [3.05, 3.63) is 88.0 Å². The number of hydrogen-bond donors (Lipinski definition) is 1. The zero-order valence-electron chi connectivity index (χ0n) is 23.4. The van der Waals surface area contributed by atoms with Crippen LogP contribution < -0.4 is 4.74 Å². The van der Waals surface area contributed by atoms with Crippen LogP contribution in [0.1, 0.15) is 71.1 Å². The third-order valence-electron chi connectivity index (χ3n) is 8.44. The molecule has 3 aromatic carbocycles. The van der Waals surface area contributed by atoms with Crippen LogP contribution in [-0.2, 0) is 24.3 Å². The average molecular weight is 575 g/mol. The highest BCUT2D eigenvalue weighted by molar-refractivity contribution is 5.95. The lowest BCUT2D eigenvalue weighted by Crippen LogP contribution is -2.37. The summed E-state index contributed by atoms with van der Waals surface area (Å²) in [5.74, 6) is -4.76. The molecule has 5 aliphatic heterocycles. The van der Waals surface area contributed by atoms with Gasteiger partial charge in [0.1, 0.15) is 28.5 Å². The number of carbonyl (C=O) groups excluding carboxylic acids is 1. The van der Waals surface area contributed by atoms with E-state index in [-0.39, 0.29) is 12.3 Å². The predicted octanol–water partition coefficient (Wildman–Crippen LogP) is 5.71. The van der Waals surface area contributed by atoms with E-state index >= 15 is 8.78 Å². The lowest BCUT2D eigenvalue weighted by Gasteiger charge is -2.31. The third-order valence-corrected chi connectivity index (χ3v) is 8.44. The summed E-state index contributed by atoms with van der Waals surface area (Å²) < 4.78 is 37.6. The number of carbonyl (C=O) groups is 2. The van der Waals surface area contributed by atoms with Crippen LogP contribution >= 0.6 is 0 Å². The molecule has 9 rings (SSSR count).